The predicted octanol–water partition coefficient (Wildman–Crippen LogP) is 4.77. The summed E-state index contributed by atoms with van der Waals surface area (Å²) in [5.74, 6) is 0.644. The quantitative estimate of drug-likeness (QED) is 0.791. The van der Waals surface area contributed by atoms with Gasteiger partial charge in [0.1, 0.15) is 18.0 Å². The molecule has 1 saturated heterocycles. The Kier molecular flexibility index (Phi) is 5.45. The summed E-state index contributed by atoms with van der Waals surface area (Å²) in [4.78, 5) is 13.9. The van der Waals surface area contributed by atoms with E-state index in [4.69, 9.17) is 32.7 Å². The average Bonchev–Trinajstić information content (AvgIpc) is 2.87. The second-order valence-corrected chi connectivity index (χ2v) is 7.17. The van der Waals surface area contributed by atoms with E-state index in [1.54, 1.807) is 23.1 Å². The fourth-order valence-corrected chi connectivity index (χ4v) is 2.62. The first-order valence-corrected chi connectivity index (χ1v) is 8.09. The van der Waals surface area contributed by atoms with Gasteiger partial charge in [0.25, 0.3) is 0 Å². The first kappa shape index (κ1) is 17.2. The van der Waals surface area contributed by atoms with Crippen molar-refractivity contribution in [3.8, 4) is 5.75 Å². The van der Waals surface area contributed by atoms with Crippen LogP contribution in [-0.2, 0) is 4.74 Å². The summed E-state index contributed by atoms with van der Waals surface area (Å²) in [6.45, 7) is 6.70. The molecule has 1 aromatic rings. The minimum Gasteiger partial charge on any atom is -0.491 e. The molecule has 2 rings (SSSR count). The van der Waals surface area contributed by atoms with Gasteiger partial charge in [-0.3, -0.25) is 0 Å². The minimum atomic E-state index is -0.491. The maximum atomic E-state index is 12.2. The number of halogens is 2. The lowest BCUT2D eigenvalue weighted by atomic mass is 10.2. The van der Waals surface area contributed by atoms with E-state index in [1.165, 1.54) is 0 Å². The number of nitrogens with zero attached hydrogens (tertiary/aromatic N) is 1. The maximum absolute atomic E-state index is 12.2. The topological polar surface area (TPSA) is 38.8 Å². The second-order valence-electron chi connectivity index (χ2n) is 6.36. The Bertz CT molecular complexity index is 543. The number of carbonyl (C=O) groups is 1. The van der Waals surface area contributed by atoms with Crippen molar-refractivity contribution < 1.29 is 14.3 Å². The van der Waals surface area contributed by atoms with Crippen molar-refractivity contribution in [3.05, 3.63) is 28.2 Å². The van der Waals surface area contributed by atoms with E-state index in [0.717, 1.165) is 12.8 Å². The van der Waals surface area contributed by atoms with Crippen molar-refractivity contribution in [2.75, 3.05) is 13.2 Å². The Morgan fingerprint density at radius 2 is 2.05 bits per heavy atom. The molecule has 22 heavy (non-hydrogen) atoms. The normalized spacial score (nSPS) is 18.4. The fraction of sp³-hybridized carbons (Fsp3) is 0.562. The van der Waals surface area contributed by atoms with E-state index in [0.29, 0.717) is 28.9 Å². The molecule has 1 amide bonds. The van der Waals surface area contributed by atoms with Gasteiger partial charge in [0.05, 0.1) is 16.1 Å². The van der Waals surface area contributed by atoms with E-state index in [9.17, 15) is 4.79 Å². The van der Waals surface area contributed by atoms with Gasteiger partial charge in [0.15, 0.2) is 0 Å². The summed E-state index contributed by atoms with van der Waals surface area (Å²) in [7, 11) is 0. The van der Waals surface area contributed by atoms with Crippen LogP contribution in [0.4, 0.5) is 4.79 Å². The molecular weight excluding hydrogens is 325 g/mol. The van der Waals surface area contributed by atoms with Gasteiger partial charge in [-0.2, -0.15) is 0 Å². The molecule has 122 valence electrons. The van der Waals surface area contributed by atoms with E-state index in [1.807, 2.05) is 20.8 Å². The summed E-state index contributed by atoms with van der Waals surface area (Å²) in [5.41, 5.74) is -0.491. The summed E-state index contributed by atoms with van der Waals surface area (Å²) in [5, 5.41) is 0.944. The van der Waals surface area contributed by atoms with E-state index >= 15 is 0 Å². The Hall–Kier alpha value is -1.13. The number of ether oxygens (including phenoxy) is 2. The minimum absolute atomic E-state index is 0.0179. The highest BCUT2D eigenvalue weighted by Gasteiger charge is 2.32. The van der Waals surface area contributed by atoms with Crippen molar-refractivity contribution in [2.24, 2.45) is 0 Å². The van der Waals surface area contributed by atoms with Gasteiger partial charge in [0.2, 0.25) is 0 Å². The van der Waals surface area contributed by atoms with Crippen LogP contribution in [0.25, 0.3) is 0 Å². The number of hydrogen-bond donors (Lipinski definition) is 0. The van der Waals surface area contributed by atoms with Crippen LogP contribution >= 0.6 is 23.2 Å². The molecule has 4 nitrogen and oxygen atoms in total. The number of rotatable bonds is 3. The SMILES string of the molecule is CC(C)(C)OC(=O)N1CCCC1COc1ccc(Cl)c(Cl)c1. The van der Waals surface area contributed by atoms with Gasteiger partial charge < -0.3 is 14.4 Å². The van der Waals surface area contributed by atoms with Crippen LogP contribution in [0.3, 0.4) is 0 Å². The van der Waals surface area contributed by atoms with Crippen LogP contribution in [0.1, 0.15) is 33.6 Å². The van der Waals surface area contributed by atoms with Crippen molar-refractivity contribution >= 4 is 29.3 Å². The van der Waals surface area contributed by atoms with Crippen molar-refractivity contribution in [1.29, 1.82) is 0 Å². The largest absolute Gasteiger partial charge is 0.491 e. The lowest BCUT2D eigenvalue weighted by Gasteiger charge is -2.28. The summed E-state index contributed by atoms with van der Waals surface area (Å²) in [6, 6.07) is 5.15. The number of likely N-dealkylation sites (tertiary alicyclic amines) is 1. The van der Waals surface area contributed by atoms with Gasteiger partial charge >= 0.3 is 6.09 Å². The zero-order chi connectivity index (χ0) is 16.3. The lowest BCUT2D eigenvalue weighted by molar-refractivity contribution is 0.0187. The Morgan fingerprint density at radius 3 is 2.68 bits per heavy atom. The smallest absolute Gasteiger partial charge is 0.410 e. The third kappa shape index (κ3) is 4.68. The molecule has 1 fully saturated rings. The van der Waals surface area contributed by atoms with Gasteiger partial charge in [-0.15, -0.1) is 0 Å². The molecule has 0 radical (unpaired) electrons. The monoisotopic (exact) mass is 345 g/mol. The number of hydrogen-bond acceptors (Lipinski definition) is 3. The van der Waals surface area contributed by atoms with Crippen LogP contribution < -0.4 is 4.74 Å². The molecular formula is C16H21Cl2NO3. The summed E-state index contributed by atoms with van der Waals surface area (Å²) < 4.78 is 11.2. The zero-order valence-corrected chi connectivity index (χ0v) is 14.6. The van der Waals surface area contributed by atoms with Gasteiger partial charge in [-0.1, -0.05) is 23.2 Å². The van der Waals surface area contributed by atoms with Crippen LogP contribution in [-0.4, -0.2) is 35.8 Å². The number of carbonyl (C=O) groups excluding carboxylic acids is 1. The van der Waals surface area contributed by atoms with Crippen LogP contribution in [0.15, 0.2) is 18.2 Å². The van der Waals surface area contributed by atoms with Gasteiger partial charge in [-0.25, -0.2) is 4.79 Å². The maximum Gasteiger partial charge on any atom is 0.410 e. The van der Waals surface area contributed by atoms with Crippen molar-refractivity contribution in [3.63, 3.8) is 0 Å². The average molecular weight is 346 g/mol. The summed E-state index contributed by atoms with van der Waals surface area (Å²) >= 11 is 11.8. The van der Waals surface area contributed by atoms with E-state index < -0.39 is 5.60 Å². The van der Waals surface area contributed by atoms with Crippen molar-refractivity contribution in [2.45, 2.75) is 45.3 Å². The van der Waals surface area contributed by atoms with Gasteiger partial charge in [0, 0.05) is 12.6 Å². The molecule has 0 N–H and O–H groups in total. The third-order valence-electron chi connectivity index (χ3n) is 3.34. The molecule has 1 aliphatic heterocycles. The molecule has 1 aromatic carbocycles. The molecule has 1 aliphatic rings. The molecule has 6 heteroatoms. The molecule has 0 aliphatic carbocycles. The Morgan fingerprint density at radius 1 is 1.32 bits per heavy atom. The first-order valence-electron chi connectivity index (χ1n) is 7.34. The van der Waals surface area contributed by atoms with Crippen LogP contribution in [0.5, 0.6) is 5.75 Å². The first-order chi connectivity index (χ1) is 10.3. The highest BCUT2D eigenvalue weighted by atomic mass is 35.5. The van der Waals surface area contributed by atoms with Crippen LogP contribution in [0.2, 0.25) is 10.0 Å². The van der Waals surface area contributed by atoms with E-state index in [-0.39, 0.29) is 12.1 Å². The molecule has 1 heterocycles. The standard InChI is InChI=1S/C16H21Cl2NO3/c1-16(2,3)22-15(20)19-8-4-5-11(19)10-21-12-6-7-13(17)14(18)9-12/h6-7,9,11H,4-5,8,10H2,1-3H3. The third-order valence-corrected chi connectivity index (χ3v) is 4.08. The van der Waals surface area contributed by atoms with Crippen molar-refractivity contribution in [1.82, 2.24) is 4.90 Å². The highest BCUT2D eigenvalue weighted by Crippen LogP contribution is 2.27. The molecule has 1 atom stereocenters. The molecule has 0 saturated carbocycles. The number of amides is 1. The molecule has 1 unspecified atom stereocenters. The van der Waals surface area contributed by atoms with E-state index in [2.05, 4.69) is 0 Å². The number of benzene rings is 1. The van der Waals surface area contributed by atoms with Crippen LogP contribution in [0, 0.1) is 0 Å². The Balaban J connectivity index is 1.93. The fourth-order valence-electron chi connectivity index (χ4n) is 2.33. The second kappa shape index (κ2) is 6.97. The molecule has 0 aromatic heterocycles. The summed E-state index contributed by atoms with van der Waals surface area (Å²) in [6.07, 6.45) is 1.57. The zero-order valence-electron chi connectivity index (χ0n) is 13.1. The molecule has 0 spiro atoms. The lowest BCUT2D eigenvalue weighted by Crippen LogP contribution is -2.42. The highest BCUT2D eigenvalue weighted by molar-refractivity contribution is 6.42. The predicted molar refractivity (Wildman–Crippen MR) is 87.9 cm³/mol. The molecule has 0 bridgehead atoms. The van der Waals surface area contributed by atoms with Gasteiger partial charge in [-0.05, 0) is 45.7 Å². The Labute approximate surface area is 141 Å².